The quantitative estimate of drug-likeness (QED) is 0.306. The predicted molar refractivity (Wildman–Crippen MR) is 83.7 cm³/mol. The summed E-state index contributed by atoms with van der Waals surface area (Å²) in [5.41, 5.74) is 0. The first kappa shape index (κ1) is 23.1. The molecule has 0 fully saturated rings. The minimum absolute atomic E-state index is 0.274. The second-order valence-corrected chi connectivity index (χ2v) is 4.76. The molecule has 0 aromatic rings. The molecule has 0 N–H and O–H groups in total. The summed E-state index contributed by atoms with van der Waals surface area (Å²) in [5, 5.41) is 0. The van der Waals surface area contributed by atoms with Gasteiger partial charge in [0.25, 0.3) is 0 Å². The molecule has 0 amide bonds. The second kappa shape index (κ2) is 19.9. The second-order valence-electron chi connectivity index (χ2n) is 4.76. The van der Waals surface area contributed by atoms with Gasteiger partial charge in [-0.05, 0) is 25.7 Å². The highest BCUT2D eigenvalue weighted by molar-refractivity contribution is 5.68. The third-order valence-corrected chi connectivity index (χ3v) is 2.37. The highest BCUT2D eigenvalue weighted by atomic mass is 17.2. The minimum atomic E-state index is -0.274. The van der Waals surface area contributed by atoms with E-state index in [0.29, 0.717) is 26.1 Å². The maximum atomic E-state index is 10.7. The first-order valence-electron chi connectivity index (χ1n) is 8.26. The third-order valence-electron chi connectivity index (χ3n) is 2.37. The first-order chi connectivity index (χ1) is 10.6. The summed E-state index contributed by atoms with van der Waals surface area (Å²) in [6.07, 6.45) is 6.43. The van der Waals surface area contributed by atoms with Crippen LogP contribution >= 0.6 is 0 Å². The number of unbranched alkanes of at least 4 members (excludes halogenated alkanes) is 2. The average Bonchev–Trinajstić information content (AvgIpc) is 2.49. The molecule has 0 unspecified atom stereocenters. The van der Waals surface area contributed by atoms with Crippen molar-refractivity contribution in [3.8, 4) is 0 Å². The van der Waals surface area contributed by atoms with Crippen molar-refractivity contribution in [1.29, 1.82) is 0 Å². The van der Waals surface area contributed by atoms with Crippen LogP contribution in [0.15, 0.2) is 0 Å². The Kier molecular flexibility index (Phi) is 20.9. The van der Waals surface area contributed by atoms with Crippen molar-refractivity contribution in [3.63, 3.8) is 0 Å². The lowest BCUT2D eigenvalue weighted by Gasteiger charge is -2.00. The fourth-order valence-electron chi connectivity index (χ4n) is 1.11. The van der Waals surface area contributed by atoms with Crippen LogP contribution in [-0.2, 0) is 29.1 Å². The Morgan fingerprint density at radius 1 is 0.636 bits per heavy atom. The number of carbonyl (C=O) groups excluding carboxylic acids is 2. The van der Waals surface area contributed by atoms with Gasteiger partial charge in [-0.25, -0.2) is 9.59 Å². The first-order valence-corrected chi connectivity index (χ1v) is 8.26. The number of hydrogen-bond acceptors (Lipinski definition) is 6. The Balaban J connectivity index is 0. The monoisotopic (exact) mass is 320 g/mol. The van der Waals surface area contributed by atoms with E-state index in [1.807, 2.05) is 13.8 Å². The summed E-state index contributed by atoms with van der Waals surface area (Å²) in [7, 11) is 0. The normalized spacial score (nSPS) is 9.64. The molecule has 132 valence electrons. The molecule has 0 aromatic carbocycles. The van der Waals surface area contributed by atoms with Crippen LogP contribution in [0.2, 0.25) is 0 Å². The maximum Gasteiger partial charge on any atom is 0.342 e. The summed E-state index contributed by atoms with van der Waals surface area (Å²) in [4.78, 5) is 39.5. The van der Waals surface area contributed by atoms with Crippen molar-refractivity contribution >= 4 is 11.9 Å². The van der Waals surface area contributed by atoms with Crippen LogP contribution in [0, 0.1) is 0 Å². The SMILES string of the molecule is CCCCOOC(=O)CCC.CCCCOOC(=O)CCC. The zero-order valence-electron chi connectivity index (χ0n) is 14.5. The van der Waals surface area contributed by atoms with Crippen molar-refractivity contribution in [3.05, 3.63) is 0 Å². The Bertz CT molecular complexity index is 229. The fourth-order valence-corrected chi connectivity index (χ4v) is 1.11. The zero-order chi connectivity index (χ0) is 17.1. The molecule has 0 aliphatic carbocycles. The van der Waals surface area contributed by atoms with Gasteiger partial charge >= 0.3 is 11.9 Å². The van der Waals surface area contributed by atoms with E-state index in [1.54, 1.807) is 0 Å². The Hall–Kier alpha value is -1.14. The summed E-state index contributed by atoms with van der Waals surface area (Å²) in [6.45, 7) is 8.97. The van der Waals surface area contributed by atoms with Gasteiger partial charge in [0.2, 0.25) is 0 Å². The van der Waals surface area contributed by atoms with Gasteiger partial charge in [0.05, 0.1) is 13.2 Å². The molecule has 0 bridgehead atoms. The van der Waals surface area contributed by atoms with Gasteiger partial charge in [0.15, 0.2) is 0 Å². The molecule has 0 aliphatic rings. The molecule has 6 heteroatoms. The maximum absolute atomic E-state index is 10.7. The average molecular weight is 320 g/mol. The fraction of sp³-hybridized carbons (Fsp3) is 0.875. The largest absolute Gasteiger partial charge is 0.342 e. The molecule has 0 aromatic heterocycles. The van der Waals surface area contributed by atoms with E-state index in [2.05, 4.69) is 33.4 Å². The van der Waals surface area contributed by atoms with Crippen LogP contribution in [0.1, 0.15) is 79.1 Å². The molecule has 6 nitrogen and oxygen atoms in total. The molecule has 0 saturated heterocycles. The standard InChI is InChI=1S/2C8H16O3/c2*1-3-5-7-10-11-8(9)6-4-2/h2*3-7H2,1-2H3. The molecule has 0 radical (unpaired) electrons. The zero-order valence-corrected chi connectivity index (χ0v) is 14.5. The van der Waals surface area contributed by atoms with E-state index in [9.17, 15) is 9.59 Å². The minimum Gasteiger partial charge on any atom is -0.298 e. The van der Waals surface area contributed by atoms with Gasteiger partial charge in [-0.1, -0.05) is 40.5 Å². The highest BCUT2D eigenvalue weighted by Gasteiger charge is 2.00. The van der Waals surface area contributed by atoms with E-state index in [1.165, 1.54) is 0 Å². The number of rotatable bonds is 12. The molecule has 0 atom stereocenters. The van der Waals surface area contributed by atoms with E-state index in [0.717, 1.165) is 38.5 Å². The molecule has 22 heavy (non-hydrogen) atoms. The summed E-state index contributed by atoms with van der Waals surface area (Å²) in [5.74, 6) is -0.549. The summed E-state index contributed by atoms with van der Waals surface area (Å²) in [6, 6.07) is 0. The highest BCUT2D eigenvalue weighted by Crippen LogP contribution is 1.94. The van der Waals surface area contributed by atoms with Gasteiger partial charge in [-0.2, -0.15) is 9.78 Å². The van der Waals surface area contributed by atoms with Gasteiger partial charge in [0.1, 0.15) is 0 Å². The molecular formula is C16H32O6. The lowest BCUT2D eigenvalue weighted by atomic mass is 10.3. The van der Waals surface area contributed by atoms with E-state index < -0.39 is 0 Å². The van der Waals surface area contributed by atoms with Gasteiger partial charge in [0, 0.05) is 12.8 Å². The van der Waals surface area contributed by atoms with E-state index >= 15 is 0 Å². The summed E-state index contributed by atoms with van der Waals surface area (Å²) < 4.78 is 0. The smallest absolute Gasteiger partial charge is 0.298 e. The number of carbonyl (C=O) groups is 2. The van der Waals surface area contributed by atoms with Crippen LogP contribution in [-0.4, -0.2) is 25.2 Å². The lowest BCUT2D eigenvalue weighted by molar-refractivity contribution is -0.272. The predicted octanol–water partition coefficient (Wildman–Crippen LogP) is 4.12. The van der Waals surface area contributed by atoms with Gasteiger partial charge < -0.3 is 0 Å². The van der Waals surface area contributed by atoms with Crippen LogP contribution in [0.3, 0.4) is 0 Å². The lowest BCUT2D eigenvalue weighted by Crippen LogP contribution is -2.05. The molecular weight excluding hydrogens is 288 g/mol. The number of hydrogen-bond donors (Lipinski definition) is 0. The third kappa shape index (κ3) is 21.2. The van der Waals surface area contributed by atoms with Crippen LogP contribution in [0.4, 0.5) is 0 Å². The summed E-state index contributed by atoms with van der Waals surface area (Å²) >= 11 is 0. The van der Waals surface area contributed by atoms with Crippen molar-refractivity contribution in [2.24, 2.45) is 0 Å². The van der Waals surface area contributed by atoms with Crippen molar-refractivity contribution in [1.82, 2.24) is 0 Å². The van der Waals surface area contributed by atoms with Crippen LogP contribution in [0.25, 0.3) is 0 Å². The topological polar surface area (TPSA) is 71.1 Å². The van der Waals surface area contributed by atoms with Crippen LogP contribution in [0.5, 0.6) is 0 Å². The van der Waals surface area contributed by atoms with Crippen LogP contribution < -0.4 is 0 Å². The van der Waals surface area contributed by atoms with Crippen molar-refractivity contribution in [2.75, 3.05) is 13.2 Å². The molecule has 0 heterocycles. The molecule has 0 spiro atoms. The Morgan fingerprint density at radius 2 is 1.00 bits per heavy atom. The molecule has 0 aliphatic heterocycles. The molecule has 0 rings (SSSR count). The van der Waals surface area contributed by atoms with Crippen molar-refractivity contribution in [2.45, 2.75) is 79.1 Å². The Labute approximate surface area is 134 Å². The van der Waals surface area contributed by atoms with Crippen molar-refractivity contribution < 1.29 is 29.1 Å². The molecule has 0 saturated carbocycles. The Morgan fingerprint density at radius 3 is 1.27 bits per heavy atom. The van der Waals surface area contributed by atoms with E-state index in [4.69, 9.17) is 0 Å². The van der Waals surface area contributed by atoms with Gasteiger partial charge in [-0.3, -0.25) is 9.78 Å². The van der Waals surface area contributed by atoms with E-state index in [-0.39, 0.29) is 11.9 Å². The van der Waals surface area contributed by atoms with Gasteiger partial charge in [-0.15, -0.1) is 0 Å².